The molecule has 4 aromatic rings. The minimum absolute atomic E-state index is 0.0423. The second-order valence-corrected chi connectivity index (χ2v) is 10.4. The fraction of sp³-hybridized carbons (Fsp3) is 0.333. The van der Waals surface area contributed by atoms with Crippen molar-refractivity contribution in [3.63, 3.8) is 0 Å². The summed E-state index contributed by atoms with van der Waals surface area (Å²) in [7, 11) is 0. The fourth-order valence-electron chi connectivity index (χ4n) is 4.64. The van der Waals surface area contributed by atoms with E-state index in [0.717, 1.165) is 59.0 Å². The molecule has 9 heteroatoms. The van der Waals surface area contributed by atoms with Gasteiger partial charge in [-0.05, 0) is 57.5 Å². The SMILES string of the molecule is CC(C)NC(=O)COc1cccc(-c2nc3c(c(Nc4ccc(-c5cn[nH]c5)cc4)n2)CN(C(C)C)CC3)c1. The van der Waals surface area contributed by atoms with Gasteiger partial charge >= 0.3 is 0 Å². The molecule has 1 amide bonds. The lowest BCUT2D eigenvalue weighted by Gasteiger charge is -2.32. The van der Waals surface area contributed by atoms with Gasteiger partial charge in [-0.15, -0.1) is 0 Å². The van der Waals surface area contributed by atoms with Crippen LogP contribution in [0.5, 0.6) is 5.75 Å². The zero-order valence-electron chi connectivity index (χ0n) is 22.9. The summed E-state index contributed by atoms with van der Waals surface area (Å²) < 4.78 is 5.76. The molecule has 0 bridgehead atoms. The second kappa shape index (κ2) is 11.7. The van der Waals surface area contributed by atoms with Crippen LogP contribution in [-0.4, -0.2) is 56.2 Å². The molecule has 0 aliphatic carbocycles. The Labute approximate surface area is 229 Å². The number of anilines is 2. The van der Waals surface area contributed by atoms with Crippen molar-refractivity contribution >= 4 is 17.4 Å². The van der Waals surface area contributed by atoms with Crippen molar-refractivity contribution in [3.05, 3.63) is 72.2 Å². The smallest absolute Gasteiger partial charge is 0.258 e. The predicted molar refractivity (Wildman–Crippen MR) is 153 cm³/mol. The zero-order chi connectivity index (χ0) is 27.4. The maximum Gasteiger partial charge on any atom is 0.258 e. The van der Waals surface area contributed by atoms with E-state index in [9.17, 15) is 4.79 Å². The molecule has 3 heterocycles. The van der Waals surface area contributed by atoms with Gasteiger partial charge < -0.3 is 15.4 Å². The number of aromatic nitrogens is 4. The van der Waals surface area contributed by atoms with Crippen molar-refractivity contribution in [2.75, 3.05) is 18.5 Å². The molecule has 202 valence electrons. The van der Waals surface area contributed by atoms with Crippen LogP contribution in [-0.2, 0) is 17.8 Å². The molecule has 9 nitrogen and oxygen atoms in total. The quantitative estimate of drug-likeness (QED) is 0.284. The molecule has 1 aliphatic rings. The highest BCUT2D eigenvalue weighted by atomic mass is 16.5. The van der Waals surface area contributed by atoms with Gasteiger partial charge in [-0.25, -0.2) is 9.97 Å². The van der Waals surface area contributed by atoms with Crippen LogP contribution in [0.25, 0.3) is 22.5 Å². The van der Waals surface area contributed by atoms with E-state index in [1.54, 1.807) is 0 Å². The lowest BCUT2D eigenvalue weighted by molar-refractivity contribution is -0.123. The summed E-state index contributed by atoms with van der Waals surface area (Å²) in [5, 5.41) is 13.3. The van der Waals surface area contributed by atoms with Gasteiger partial charge in [0.05, 0.1) is 11.9 Å². The molecule has 0 unspecified atom stereocenters. The molecule has 2 aromatic carbocycles. The maximum absolute atomic E-state index is 12.0. The van der Waals surface area contributed by atoms with Gasteiger partial charge in [-0.3, -0.25) is 14.8 Å². The number of benzene rings is 2. The number of nitrogens with zero attached hydrogens (tertiary/aromatic N) is 4. The minimum Gasteiger partial charge on any atom is -0.484 e. The average Bonchev–Trinajstić information content (AvgIpc) is 3.47. The number of amides is 1. The molecule has 0 atom stereocenters. The number of hydrogen-bond donors (Lipinski definition) is 3. The topological polar surface area (TPSA) is 108 Å². The molecule has 0 fully saturated rings. The molecule has 0 saturated carbocycles. The Hall–Kier alpha value is -4.24. The number of nitrogens with one attached hydrogen (secondary N) is 3. The molecule has 0 spiro atoms. The number of rotatable bonds is 9. The van der Waals surface area contributed by atoms with Crippen LogP contribution in [0.15, 0.2) is 60.9 Å². The first kappa shape index (κ1) is 26.4. The minimum atomic E-state index is -0.152. The summed E-state index contributed by atoms with van der Waals surface area (Å²) in [6.07, 6.45) is 4.54. The van der Waals surface area contributed by atoms with E-state index < -0.39 is 0 Å². The lowest BCUT2D eigenvalue weighted by Crippen LogP contribution is -2.36. The Balaban J connectivity index is 1.43. The summed E-state index contributed by atoms with van der Waals surface area (Å²) in [5.74, 6) is 1.88. The molecule has 5 rings (SSSR count). The van der Waals surface area contributed by atoms with Crippen LogP contribution in [0.3, 0.4) is 0 Å². The Morgan fingerprint density at radius 3 is 2.59 bits per heavy atom. The molecule has 2 aromatic heterocycles. The van der Waals surface area contributed by atoms with Gasteiger partial charge in [0.1, 0.15) is 11.6 Å². The van der Waals surface area contributed by atoms with Crippen molar-refractivity contribution in [1.82, 2.24) is 30.4 Å². The van der Waals surface area contributed by atoms with Gasteiger partial charge in [0.25, 0.3) is 5.91 Å². The Morgan fingerprint density at radius 1 is 1.05 bits per heavy atom. The highest BCUT2D eigenvalue weighted by Crippen LogP contribution is 2.31. The molecule has 0 radical (unpaired) electrons. The average molecular weight is 526 g/mol. The van der Waals surface area contributed by atoms with Gasteiger partial charge in [-0.1, -0.05) is 24.3 Å². The molecule has 1 aliphatic heterocycles. The van der Waals surface area contributed by atoms with Crippen LogP contribution in [0.2, 0.25) is 0 Å². The Morgan fingerprint density at radius 2 is 1.87 bits per heavy atom. The molecular weight excluding hydrogens is 490 g/mol. The van der Waals surface area contributed by atoms with Crippen molar-refractivity contribution in [1.29, 1.82) is 0 Å². The van der Waals surface area contributed by atoms with E-state index in [1.807, 2.05) is 50.5 Å². The van der Waals surface area contributed by atoms with E-state index in [1.165, 1.54) is 0 Å². The zero-order valence-corrected chi connectivity index (χ0v) is 22.9. The number of aromatic amines is 1. The first-order valence-electron chi connectivity index (χ1n) is 13.4. The van der Waals surface area contributed by atoms with Gasteiger partial charge in [0.15, 0.2) is 12.4 Å². The lowest BCUT2D eigenvalue weighted by atomic mass is 10.0. The number of H-pyrrole nitrogens is 1. The van der Waals surface area contributed by atoms with Crippen LogP contribution in [0.1, 0.15) is 39.0 Å². The van der Waals surface area contributed by atoms with Crippen molar-refractivity contribution in [2.45, 2.75) is 52.7 Å². The van der Waals surface area contributed by atoms with Crippen molar-refractivity contribution in [3.8, 4) is 28.3 Å². The summed E-state index contributed by atoms with van der Waals surface area (Å²) in [4.78, 5) is 24.5. The van der Waals surface area contributed by atoms with Gasteiger partial charge in [0.2, 0.25) is 0 Å². The number of carbonyl (C=O) groups is 1. The highest BCUT2D eigenvalue weighted by molar-refractivity contribution is 5.77. The van der Waals surface area contributed by atoms with Crippen molar-refractivity contribution in [2.24, 2.45) is 0 Å². The number of carbonyl (C=O) groups excluding carboxylic acids is 1. The monoisotopic (exact) mass is 525 g/mol. The maximum atomic E-state index is 12.0. The second-order valence-electron chi connectivity index (χ2n) is 10.4. The van der Waals surface area contributed by atoms with E-state index in [0.29, 0.717) is 17.6 Å². The van der Waals surface area contributed by atoms with Crippen LogP contribution < -0.4 is 15.4 Å². The molecule has 39 heavy (non-hydrogen) atoms. The summed E-state index contributed by atoms with van der Waals surface area (Å²) in [6.45, 7) is 9.98. The van der Waals surface area contributed by atoms with E-state index >= 15 is 0 Å². The summed E-state index contributed by atoms with van der Waals surface area (Å²) in [6, 6.07) is 16.3. The summed E-state index contributed by atoms with van der Waals surface area (Å²) in [5.41, 5.74) is 6.09. The highest BCUT2D eigenvalue weighted by Gasteiger charge is 2.24. The van der Waals surface area contributed by atoms with Crippen molar-refractivity contribution < 1.29 is 9.53 Å². The normalized spacial score (nSPS) is 13.4. The number of ether oxygens (including phenoxy) is 1. The Kier molecular flexibility index (Phi) is 7.88. The van der Waals surface area contributed by atoms with E-state index in [4.69, 9.17) is 14.7 Å². The first-order chi connectivity index (χ1) is 18.9. The molecule has 3 N–H and O–H groups in total. The van der Waals surface area contributed by atoms with E-state index in [2.05, 4.69) is 63.8 Å². The molecule has 0 saturated heterocycles. The van der Waals surface area contributed by atoms with Crippen LogP contribution in [0.4, 0.5) is 11.5 Å². The number of fused-ring (bicyclic) bond motifs is 1. The fourth-order valence-corrected chi connectivity index (χ4v) is 4.64. The summed E-state index contributed by atoms with van der Waals surface area (Å²) >= 11 is 0. The third-order valence-corrected chi connectivity index (χ3v) is 6.71. The van der Waals surface area contributed by atoms with E-state index in [-0.39, 0.29) is 18.6 Å². The van der Waals surface area contributed by atoms with Crippen LogP contribution in [0, 0.1) is 0 Å². The third-order valence-electron chi connectivity index (χ3n) is 6.71. The standard InChI is InChI=1S/C30H35N7O2/c1-19(2)33-28(38)18-39-25-7-5-6-22(14-25)29-35-27-12-13-37(20(3)4)17-26(27)30(36-29)34-24-10-8-21(9-11-24)23-15-31-32-16-23/h5-11,14-16,19-20H,12-13,17-18H2,1-4H3,(H,31,32)(H,33,38)(H,34,35,36). The van der Waals surface area contributed by atoms with Gasteiger partial charge in [-0.2, -0.15) is 5.10 Å². The molecular formula is C30H35N7O2. The number of hydrogen-bond acceptors (Lipinski definition) is 7. The van der Waals surface area contributed by atoms with Crippen LogP contribution >= 0.6 is 0 Å². The third kappa shape index (κ3) is 6.43. The largest absolute Gasteiger partial charge is 0.484 e. The van der Waals surface area contributed by atoms with Gasteiger partial charge in [0, 0.05) is 60.2 Å². The Bertz CT molecular complexity index is 1420. The first-order valence-corrected chi connectivity index (χ1v) is 13.4. The predicted octanol–water partition coefficient (Wildman–Crippen LogP) is 4.95.